The number of hydrogen-bond donors (Lipinski definition) is 0. The number of carbonyl (C=O) groups excluding carboxylic acids is 1. The Morgan fingerprint density at radius 3 is 2.73 bits per heavy atom. The molecule has 1 amide bonds. The lowest BCUT2D eigenvalue weighted by Gasteiger charge is -2.39. The Hall–Kier alpha value is -1.88. The number of piperidine rings is 2. The molecule has 0 spiro atoms. The third-order valence-corrected chi connectivity index (χ3v) is 6.11. The van der Waals surface area contributed by atoms with Crippen LogP contribution in [0, 0.1) is 5.92 Å². The van der Waals surface area contributed by atoms with E-state index in [1.54, 1.807) is 0 Å². The van der Waals surface area contributed by atoms with Gasteiger partial charge in [0.15, 0.2) is 11.5 Å². The van der Waals surface area contributed by atoms with Crippen LogP contribution in [-0.2, 0) is 4.79 Å². The van der Waals surface area contributed by atoms with Crippen LogP contribution in [0.3, 0.4) is 0 Å². The monoisotopic (exact) mass is 355 g/mol. The molecule has 2 aliphatic heterocycles. The zero-order chi connectivity index (χ0) is 18.1. The second-order valence-corrected chi connectivity index (χ2v) is 8.04. The van der Waals surface area contributed by atoms with Crippen molar-refractivity contribution in [1.82, 2.24) is 14.8 Å². The minimum absolute atomic E-state index is 0.0596. The van der Waals surface area contributed by atoms with Gasteiger partial charge in [-0.1, -0.05) is 19.1 Å². The number of oxazole rings is 1. The molecule has 140 valence electrons. The zero-order valence-electron chi connectivity index (χ0n) is 15.9. The van der Waals surface area contributed by atoms with Crippen LogP contribution in [0.4, 0.5) is 0 Å². The number of fused-ring (bicyclic) bond motifs is 1. The maximum absolute atomic E-state index is 12.9. The van der Waals surface area contributed by atoms with Gasteiger partial charge in [-0.3, -0.25) is 9.69 Å². The molecule has 0 N–H and O–H groups in total. The van der Waals surface area contributed by atoms with E-state index < -0.39 is 0 Å². The smallest absolute Gasteiger partial charge is 0.239 e. The van der Waals surface area contributed by atoms with Crippen molar-refractivity contribution in [3.63, 3.8) is 0 Å². The van der Waals surface area contributed by atoms with Crippen molar-refractivity contribution in [3.8, 4) is 0 Å². The van der Waals surface area contributed by atoms with Gasteiger partial charge in [0, 0.05) is 25.6 Å². The molecule has 2 fully saturated rings. The zero-order valence-corrected chi connectivity index (χ0v) is 15.9. The Balaban J connectivity index is 1.43. The highest BCUT2D eigenvalue weighted by atomic mass is 16.3. The lowest BCUT2D eigenvalue weighted by molar-refractivity contribution is -0.138. The highest BCUT2D eigenvalue weighted by Crippen LogP contribution is 2.30. The van der Waals surface area contributed by atoms with Gasteiger partial charge >= 0.3 is 0 Å². The van der Waals surface area contributed by atoms with Gasteiger partial charge in [0.2, 0.25) is 5.91 Å². The number of likely N-dealkylation sites (tertiary alicyclic amines) is 2. The first-order chi connectivity index (χ1) is 12.6. The summed E-state index contributed by atoms with van der Waals surface area (Å²) in [5.41, 5.74) is 1.78. The molecule has 2 aliphatic rings. The van der Waals surface area contributed by atoms with E-state index in [1.807, 2.05) is 24.3 Å². The van der Waals surface area contributed by atoms with Crippen LogP contribution in [-0.4, -0.2) is 52.9 Å². The van der Waals surface area contributed by atoms with Crippen molar-refractivity contribution in [2.45, 2.75) is 51.5 Å². The Morgan fingerprint density at radius 2 is 1.96 bits per heavy atom. The molecular formula is C21H29N3O2. The van der Waals surface area contributed by atoms with E-state index >= 15 is 0 Å². The van der Waals surface area contributed by atoms with Gasteiger partial charge in [0.25, 0.3) is 0 Å². The van der Waals surface area contributed by atoms with E-state index in [4.69, 9.17) is 4.42 Å². The lowest BCUT2D eigenvalue weighted by atomic mass is 9.95. The molecule has 2 saturated heterocycles. The van der Waals surface area contributed by atoms with Gasteiger partial charge in [-0.2, -0.15) is 0 Å². The number of nitrogens with zero attached hydrogens (tertiary/aromatic N) is 3. The quantitative estimate of drug-likeness (QED) is 0.843. The van der Waals surface area contributed by atoms with Crippen LogP contribution in [0.5, 0.6) is 0 Å². The number of amides is 1. The molecular weight excluding hydrogens is 326 g/mol. The summed E-state index contributed by atoms with van der Waals surface area (Å²) >= 11 is 0. The van der Waals surface area contributed by atoms with Gasteiger partial charge in [-0.15, -0.1) is 0 Å². The maximum atomic E-state index is 12.9. The van der Waals surface area contributed by atoms with E-state index in [0.717, 1.165) is 74.8 Å². The van der Waals surface area contributed by atoms with Crippen molar-refractivity contribution in [2.24, 2.45) is 5.92 Å². The molecule has 2 unspecified atom stereocenters. The highest BCUT2D eigenvalue weighted by Gasteiger charge is 2.33. The predicted octanol–water partition coefficient (Wildman–Crippen LogP) is 3.65. The van der Waals surface area contributed by atoms with Crippen molar-refractivity contribution < 1.29 is 9.21 Å². The third-order valence-electron chi connectivity index (χ3n) is 6.11. The molecule has 0 radical (unpaired) electrons. The van der Waals surface area contributed by atoms with Gasteiger partial charge in [-0.05, 0) is 57.2 Å². The number of rotatable bonds is 3. The molecule has 5 nitrogen and oxygen atoms in total. The Bertz CT molecular complexity index is 730. The summed E-state index contributed by atoms with van der Waals surface area (Å²) in [5, 5.41) is 0. The SMILES string of the molecule is CC1CCN(C(=O)C(C)N2CCCC(c3nc4ccccc4o3)C2)CC1. The molecule has 4 rings (SSSR count). The number of aromatic nitrogens is 1. The van der Waals surface area contributed by atoms with Gasteiger partial charge in [0.05, 0.1) is 6.04 Å². The largest absolute Gasteiger partial charge is 0.440 e. The average Bonchev–Trinajstić information content (AvgIpc) is 3.12. The molecule has 0 bridgehead atoms. The van der Waals surface area contributed by atoms with Gasteiger partial charge < -0.3 is 9.32 Å². The summed E-state index contributed by atoms with van der Waals surface area (Å²) in [4.78, 5) is 22.0. The molecule has 5 heteroatoms. The third kappa shape index (κ3) is 3.50. The fraction of sp³-hybridized carbons (Fsp3) is 0.619. The lowest BCUT2D eigenvalue weighted by Crippen LogP contribution is -2.51. The summed E-state index contributed by atoms with van der Waals surface area (Å²) in [6.45, 7) is 7.99. The summed E-state index contributed by atoms with van der Waals surface area (Å²) in [5.74, 6) is 2.12. The van der Waals surface area contributed by atoms with Crippen LogP contribution >= 0.6 is 0 Å². The summed E-state index contributed by atoms with van der Waals surface area (Å²) in [7, 11) is 0. The molecule has 2 atom stereocenters. The number of hydrogen-bond acceptors (Lipinski definition) is 4. The second kappa shape index (κ2) is 7.39. The summed E-state index contributed by atoms with van der Waals surface area (Å²) in [6, 6.07) is 7.87. The Kier molecular flexibility index (Phi) is 4.98. The molecule has 1 aromatic heterocycles. The van der Waals surface area contributed by atoms with Crippen LogP contribution in [0.15, 0.2) is 28.7 Å². The molecule has 0 saturated carbocycles. The minimum atomic E-state index is -0.0596. The van der Waals surface area contributed by atoms with E-state index in [-0.39, 0.29) is 17.9 Å². The molecule has 1 aromatic carbocycles. The van der Waals surface area contributed by atoms with Crippen LogP contribution in [0.25, 0.3) is 11.1 Å². The summed E-state index contributed by atoms with van der Waals surface area (Å²) in [6.07, 6.45) is 4.41. The van der Waals surface area contributed by atoms with Crippen LogP contribution in [0.1, 0.15) is 51.3 Å². The van der Waals surface area contributed by atoms with Gasteiger partial charge in [-0.25, -0.2) is 4.98 Å². The predicted molar refractivity (Wildman–Crippen MR) is 102 cm³/mol. The van der Waals surface area contributed by atoms with E-state index in [9.17, 15) is 4.79 Å². The first-order valence-electron chi connectivity index (χ1n) is 10.00. The van der Waals surface area contributed by atoms with Gasteiger partial charge in [0.1, 0.15) is 5.52 Å². The fourth-order valence-corrected chi connectivity index (χ4v) is 4.27. The highest BCUT2D eigenvalue weighted by molar-refractivity contribution is 5.81. The van der Waals surface area contributed by atoms with E-state index in [2.05, 4.69) is 28.6 Å². The molecule has 2 aromatic rings. The number of carbonyl (C=O) groups is 1. The van der Waals surface area contributed by atoms with Crippen LogP contribution in [0.2, 0.25) is 0 Å². The fourth-order valence-electron chi connectivity index (χ4n) is 4.27. The average molecular weight is 355 g/mol. The normalized spacial score (nSPS) is 24.1. The van der Waals surface area contributed by atoms with E-state index in [1.165, 1.54) is 0 Å². The Morgan fingerprint density at radius 1 is 1.19 bits per heavy atom. The second-order valence-electron chi connectivity index (χ2n) is 8.04. The first kappa shape index (κ1) is 17.5. The standard InChI is InChI=1S/C21H29N3O2/c1-15-9-12-23(13-10-15)21(25)16(2)24-11-5-6-17(14-24)20-22-18-7-3-4-8-19(18)26-20/h3-4,7-8,15-17H,5-6,9-14H2,1-2H3. The number of benzene rings is 1. The van der Waals surface area contributed by atoms with Crippen LogP contribution < -0.4 is 0 Å². The number of para-hydroxylation sites is 2. The first-order valence-corrected chi connectivity index (χ1v) is 10.00. The molecule has 26 heavy (non-hydrogen) atoms. The van der Waals surface area contributed by atoms with E-state index in [0.29, 0.717) is 0 Å². The maximum Gasteiger partial charge on any atom is 0.239 e. The minimum Gasteiger partial charge on any atom is -0.440 e. The van der Waals surface area contributed by atoms with Crippen molar-refractivity contribution in [1.29, 1.82) is 0 Å². The summed E-state index contributed by atoms with van der Waals surface area (Å²) < 4.78 is 5.99. The van der Waals surface area contributed by atoms with Crippen molar-refractivity contribution in [2.75, 3.05) is 26.2 Å². The topological polar surface area (TPSA) is 49.6 Å². The Labute approximate surface area is 155 Å². The van der Waals surface area contributed by atoms with Crippen molar-refractivity contribution in [3.05, 3.63) is 30.2 Å². The molecule has 0 aliphatic carbocycles. The molecule has 3 heterocycles. The van der Waals surface area contributed by atoms with Crippen molar-refractivity contribution >= 4 is 17.0 Å².